The molecule has 0 saturated heterocycles. The van der Waals surface area contributed by atoms with Crippen molar-refractivity contribution in [3.05, 3.63) is 35.9 Å². The van der Waals surface area contributed by atoms with Gasteiger partial charge in [-0.1, -0.05) is 51.1 Å². The SMILES string of the molecule is CC(C)(C)[Si](C)(C)OC1C[C@@H]2[C@H](C1)[C@H]2NC(=O)OCc1ccccc1. The van der Waals surface area contributed by atoms with Crippen LogP contribution >= 0.6 is 0 Å². The van der Waals surface area contributed by atoms with Gasteiger partial charge in [0, 0.05) is 12.1 Å². The molecule has 1 unspecified atom stereocenters. The maximum absolute atomic E-state index is 12.0. The largest absolute Gasteiger partial charge is 0.445 e. The van der Waals surface area contributed by atoms with Gasteiger partial charge in [0.2, 0.25) is 0 Å². The van der Waals surface area contributed by atoms with Crippen molar-refractivity contribution < 1.29 is 14.0 Å². The van der Waals surface area contributed by atoms with Crippen molar-refractivity contribution in [3.63, 3.8) is 0 Å². The molecule has 1 aromatic rings. The first kappa shape index (κ1) is 18.5. The van der Waals surface area contributed by atoms with E-state index in [4.69, 9.17) is 9.16 Å². The molecule has 1 amide bonds. The number of carbonyl (C=O) groups excluding carboxylic acids is 1. The summed E-state index contributed by atoms with van der Waals surface area (Å²) >= 11 is 0. The Labute approximate surface area is 152 Å². The van der Waals surface area contributed by atoms with Crippen LogP contribution in [-0.2, 0) is 15.8 Å². The second kappa shape index (κ2) is 6.76. The predicted molar refractivity (Wildman–Crippen MR) is 102 cm³/mol. The fraction of sp³-hybridized carbons (Fsp3) is 0.650. The molecule has 0 heterocycles. The summed E-state index contributed by atoms with van der Waals surface area (Å²) in [5, 5.41) is 3.28. The van der Waals surface area contributed by atoms with E-state index in [9.17, 15) is 4.79 Å². The van der Waals surface area contributed by atoms with Crippen LogP contribution in [0.1, 0.15) is 39.2 Å². The Hall–Kier alpha value is -1.33. The highest BCUT2D eigenvalue weighted by atomic mass is 28.4. The van der Waals surface area contributed by atoms with Crippen molar-refractivity contribution in [2.45, 2.75) is 70.5 Å². The summed E-state index contributed by atoms with van der Waals surface area (Å²) in [7, 11) is -1.70. The summed E-state index contributed by atoms with van der Waals surface area (Å²) < 4.78 is 11.8. The zero-order chi connectivity index (χ0) is 18.2. The molecular weight excluding hydrogens is 330 g/mol. The quantitative estimate of drug-likeness (QED) is 0.773. The molecule has 4 atom stereocenters. The number of alkyl carbamates (subject to hydrolysis) is 1. The van der Waals surface area contributed by atoms with E-state index < -0.39 is 8.32 Å². The van der Waals surface area contributed by atoms with E-state index in [0.717, 1.165) is 18.4 Å². The van der Waals surface area contributed by atoms with E-state index in [1.807, 2.05) is 30.3 Å². The lowest BCUT2D eigenvalue weighted by Crippen LogP contribution is -2.44. The smallest absolute Gasteiger partial charge is 0.407 e. The van der Waals surface area contributed by atoms with Gasteiger partial charge in [-0.25, -0.2) is 4.79 Å². The third-order valence-corrected chi connectivity index (χ3v) is 10.7. The summed E-state index contributed by atoms with van der Waals surface area (Å²) in [6.07, 6.45) is 2.21. The molecule has 2 saturated carbocycles. The predicted octanol–water partition coefficient (Wildman–Crippen LogP) is 4.71. The van der Waals surface area contributed by atoms with E-state index in [1.165, 1.54) is 0 Å². The van der Waals surface area contributed by atoms with Crippen LogP contribution in [0.25, 0.3) is 0 Å². The van der Waals surface area contributed by atoms with E-state index in [-0.39, 0.29) is 17.2 Å². The lowest BCUT2D eigenvalue weighted by molar-refractivity contribution is 0.134. The minimum Gasteiger partial charge on any atom is -0.445 e. The highest BCUT2D eigenvalue weighted by Crippen LogP contribution is 2.54. The molecule has 0 bridgehead atoms. The van der Waals surface area contributed by atoms with Gasteiger partial charge in [0.05, 0.1) is 0 Å². The highest BCUT2D eigenvalue weighted by molar-refractivity contribution is 6.74. The number of amides is 1. The van der Waals surface area contributed by atoms with Gasteiger partial charge in [-0.2, -0.15) is 0 Å². The Kier molecular flexibility index (Phi) is 4.99. The first-order chi connectivity index (χ1) is 11.7. The second-order valence-corrected chi connectivity index (χ2v) is 13.8. The number of rotatable bonds is 5. The van der Waals surface area contributed by atoms with E-state index in [1.54, 1.807) is 0 Å². The molecule has 2 aliphatic carbocycles. The molecule has 25 heavy (non-hydrogen) atoms. The van der Waals surface area contributed by atoms with Crippen LogP contribution in [0.15, 0.2) is 30.3 Å². The molecule has 0 spiro atoms. The molecule has 138 valence electrons. The van der Waals surface area contributed by atoms with Crippen LogP contribution < -0.4 is 5.32 Å². The summed E-state index contributed by atoms with van der Waals surface area (Å²) in [6, 6.07) is 10.1. The van der Waals surface area contributed by atoms with Gasteiger partial charge in [-0.15, -0.1) is 0 Å². The number of ether oxygens (including phenoxy) is 1. The van der Waals surface area contributed by atoms with Gasteiger partial charge in [-0.05, 0) is 48.4 Å². The average molecular weight is 362 g/mol. The Morgan fingerprint density at radius 2 is 1.76 bits per heavy atom. The highest BCUT2D eigenvalue weighted by Gasteiger charge is 2.58. The molecule has 4 nitrogen and oxygen atoms in total. The van der Waals surface area contributed by atoms with Crippen molar-refractivity contribution >= 4 is 14.4 Å². The number of carbonyl (C=O) groups is 1. The molecule has 0 radical (unpaired) electrons. The fourth-order valence-corrected chi connectivity index (χ4v) is 4.98. The van der Waals surface area contributed by atoms with Gasteiger partial charge >= 0.3 is 6.09 Å². The maximum atomic E-state index is 12.0. The van der Waals surface area contributed by atoms with E-state index >= 15 is 0 Å². The Bertz CT molecular complexity index is 599. The number of fused-ring (bicyclic) bond motifs is 1. The van der Waals surface area contributed by atoms with Crippen LogP contribution in [0.2, 0.25) is 18.1 Å². The lowest BCUT2D eigenvalue weighted by Gasteiger charge is -2.39. The van der Waals surface area contributed by atoms with Crippen molar-refractivity contribution in [3.8, 4) is 0 Å². The first-order valence-electron chi connectivity index (χ1n) is 9.32. The molecule has 5 heteroatoms. The van der Waals surface area contributed by atoms with Crippen LogP contribution in [0.4, 0.5) is 4.79 Å². The van der Waals surface area contributed by atoms with Gasteiger partial charge in [0.1, 0.15) is 6.61 Å². The van der Waals surface area contributed by atoms with Crippen molar-refractivity contribution in [1.29, 1.82) is 0 Å². The van der Waals surface area contributed by atoms with Gasteiger partial charge in [0.15, 0.2) is 8.32 Å². The van der Waals surface area contributed by atoms with Gasteiger partial charge in [0.25, 0.3) is 0 Å². The van der Waals surface area contributed by atoms with E-state index in [0.29, 0.717) is 24.5 Å². The van der Waals surface area contributed by atoms with E-state index in [2.05, 4.69) is 39.2 Å². The number of hydrogen-bond donors (Lipinski definition) is 1. The zero-order valence-corrected chi connectivity index (χ0v) is 17.0. The fourth-order valence-electron chi connectivity index (χ4n) is 3.60. The Morgan fingerprint density at radius 1 is 1.16 bits per heavy atom. The number of benzene rings is 1. The normalized spacial score (nSPS) is 28.4. The van der Waals surface area contributed by atoms with Crippen LogP contribution in [0.3, 0.4) is 0 Å². The Balaban J connectivity index is 1.39. The number of hydrogen-bond acceptors (Lipinski definition) is 3. The van der Waals surface area contributed by atoms with Crippen LogP contribution in [0.5, 0.6) is 0 Å². The topological polar surface area (TPSA) is 47.6 Å². The zero-order valence-electron chi connectivity index (χ0n) is 16.0. The minimum absolute atomic E-state index is 0.249. The molecule has 3 rings (SSSR count). The first-order valence-corrected chi connectivity index (χ1v) is 12.2. The molecule has 0 aromatic heterocycles. The third-order valence-electron chi connectivity index (χ3n) is 6.17. The molecule has 2 aliphatic rings. The monoisotopic (exact) mass is 361 g/mol. The summed E-state index contributed by atoms with van der Waals surface area (Å²) in [5.41, 5.74) is 1.01. The standard InChI is InChI=1S/C20H31NO3Si/c1-20(2,3)25(4,5)24-15-11-16-17(12-15)18(16)21-19(22)23-13-14-9-7-6-8-10-14/h6-10,15-18H,11-13H2,1-5H3,(H,21,22)/t15?,16-,17+,18+. The third kappa shape index (κ3) is 4.26. The summed E-state index contributed by atoms with van der Waals surface area (Å²) in [6.45, 7) is 11.8. The summed E-state index contributed by atoms with van der Waals surface area (Å²) in [4.78, 5) is 12.0. The number of nitrogens with one attached hydrogen (secondary N) is 1. The molecule has 0 aliphatic heterocycles. The maximum Gasteiger partial charge on any atom is 0.407 e. The van der Waals surface area contributed by atoms with Gasteiger partial charge < -0.3 is 14.5 Å². The molecule has 1 N–H and O–H groups in total. The van der Waals surface area contributed by atoms with Crippen LogP contribution in [0, 0.1) is 11.8 Å². The van der Waals surface area contributed by atoms with Crippen molar-refractivity contribution in [2.75, 3.05) is 0 Å². The van der Waals surface area contributed by atoms with Gasteiger partial charge in [-0.3, -0.25) is 0 Å². The average Bonchev–Trinajstić information content (AvgIpc) is 2.97. The second-order valence-electron chi connectivity index (χ2n) is 9.03. The Morgan fingerprint density at radius 3 is 2.32 bits per heavy atom. The molecule has 2 fully saturated rings. The van der Waals surface area contributed by atoms with Crippen LogP contribution in [-0.4, -0.2) is 26.6 Å². The van der Waals surface area contributed by atoms with Crippen molar-refractivity contribution in [1.82, 2.24) is 5.32 Å². The molecular formula is C20H31NO3Si. The molecule has 1 aromatic carbocycles. The minimum atomic E-state index is -1.70. The summed E-state index contributed by atoms with van der Waals surface area (Å²) in [5.74, 6) is 1.14. The van der Waals surface area contributed by atoms with Crippen molar-refractivity contribution in [2.24, 2.45) is 11.8 Å². The lowest BCUT2D eigenvalue weighted by atomic mass is 10.2.